The summed E-state index contributed by atoms with van der Waals surface area (Å²) in [5.74, 6) is 0. The Labute approximate surface area is 114 Å². The van der Waals surface area contributed by atoms with Gasteiger partial charge in [-0.1, -0.05) is 67.6 Å². The quantitative estimate of drug-likeness (QED) is 0.825. The first-order chi connectivity index (χ1) is 9.33. The Bertz CT molecular complexity index is 501. The van der Waals surface area contributed by atoms with E-state index in [1.54, 1.807) is 0 Å². The maximum Gasteiger partial charge on any atom is 0.0850 e. The summed E-state index contributed by atoms with van der Waals surface area (Å²) in [6.45, 7) is 2.47. The smallest absolute Gasteiger partial charge is 0.0850 e. The lowest BCUT2D eigenvalue weighted by atomic mass is 9.80. The summed E-state index contributed by atoms with van der Waals surface area (Å²) in [7, 11) is 0. The molecule has 0 saturated carbocycles. The molecule has 2 nitrogen and oxygen atoms in total. The predicted octanol–water partition coefficient (Wildman–Crippen LogP) is 3.45. The van der Waals surface area contributed by atoms with Gasteiger partial charge in [0.25, 0.3) is 0 Å². The Hall–Kier alpha value is -2.11. The van der Waals surface area contributed by atoms with E-state index < -0.39 is 0 Å². The van der Waals surface area contributed by atoms with Crippen LogP contribution in [-0.4, -0.2) is 6.54 Å². The van der Waals surface area contributed by atoms with Gasteiger partial charge in [-0.3, -0.25) is 5.32 Å². The monoisotopic (exact) mass is 250 g/mol. The summed E-state index contributed by atoms with van der Waals surface area (Å²) in [5.41, 5.74) is 2.09. The van der Waals surface area contributed by atoms with Gasteiger partial charge in [-0.15, -0.1) is 0 Å². The normalized spacial score (nSPS) is 10.9. The molecule has 2 aromatic rings. The standard InChI is InChI=1S/C17H18N2/c1-2-17(19-14-13-18,15-9-5-3-6-10-15)16-11-7-4-8-12-16/h3-12,19H,2,14H2,1H3. The van der Waals surface area contributed by atoms with Crippen LogP contribution in [0.3, 0.4) is 0 Å². The zero-order chi connectivity index (χ0) is 13.6. The number of benzene rings is 2. The first-order valence-electron chi connectivity index (χ1n) is 6.56. The third-order valence-electron chi connectivity index (χ3n) is 3.53. The van der Waals surface area contributed by atoms with Gasteiger partial charge in [0.2, 0.25) is 0 Å². The van der Waals surface area contributed by atoms with E-state index in [2.05, 4.69) is 42.6 Å². The molecule has 0 aliphatic carbocycles. The van der Waals surface area contributed by atoms with Crippen molar-refractivity contribution >= 4 is 0 Å². The number of rotatable bonds is 5. The molecule has 19 heavy (non-hydrogen) atoms. The van der Waals surface area contributed by atoms with Gasteiger partial charge < -0.3 is 0 Å². The van der Waals surface area contributed by atoms with Crippen molar-refractivity contribution < 1.29 is 0 Å². The van der Waals surface area contributed by atoms with Crippen LogP contribution in [0.4, 0.5) is 0 Å². The first-order valence-corrected chi connectivity index (χ1v) is 6.56. The molecule has 0 bridgehead atoms. The second kappa shape index (κ2) is 6.17. The molecule has 0 aliphatic heterocycles. The number of nitriles is 1. The third-order valence-corrected chi connectivity index (χ3v) is 3.53. The van der Waals surface area contributed by atoms with E-state index in [1.165, 1.54) is 11.1 Å². The minimum absolute atomic E-state index is 0.293. The van der Waals surface area contributed by atoms with E-state index in [0.717, 1.165) is 6.42 Å². The minimum Gasteiger partial charge on any atom is -0.291 e. The largest absolute Gasteiger partial charge is 0.291 e. The summed E-state index contributed by atoms with van der Waals surface area (Å²) in [6, 6.07) is 22.8. The van der Waals surface area contributed by atoms with Gasteiger partial charge in [0.05, 0.1) is 18.2 Å². The molecule has 0 aliphatic rings. The number of nitrogens with one attached hydrogen (secondary N) is 1. The maximum absolute atomic E-state index is 8.91. The molecule has 1 N–H and O–H groups in total. The Morgan fingerprint density at radius 1 is 0.947 bits per heavy atom. The molecule has 2 rings (SSSR count). The van der Waals surface area contributed by atoms with E-state index in [9.17, 15) is 0 Å². The van der Waals surface area contributed by atoms with E-state index in [1.807, 2.05) is 36.4 Å². The van der Waals surface area contributed by atoms with Crippen LogP contribution in [0.5, 0.6) is 0 Å². The average Bonchev–Trinajstić information content (AvgIpc) is 2.51. The van der Waals surface area contributed by atoms with Gasteiger partial charge in [0.1, 0.15) is 0 Å². The zero-order valence-electron chi connectivity index (χ0n) is 11.1. The van der Waals surface area contributed by atoms with Gasteiger partial charge in [0, 0.05) is 0 Å². The molecule has 0 saturated heterocycles. The van der Waals surface area contributed by atoms with E-state index in [0.29, 0.717) is 6.54 Å². The molecule has 0 atom stereocenters. The molecule has 0 amide bonds. The Morgan fingerprint density at radius 3 is 1.79 bits per heavy atom. The molecule has 96 valence electrons. The number of nitrogens with zero attached hydrogens (tertiary/aromatic N) is 1. The van der Waals surface area contributed by atoms with Crippen molar-refractivity contribution in [2.75, 3.05) is 6.54 Å². The molecule has 0 radical (unpaired) electrons. The van der Waals surface area contributed by atoms with Gasteiger partial charge in [-0.2, -0.15) is 5.26 Å². The van der Waals surface area contributed by atoms with Crippen LogP contribution >= 0.6 is 0 Å². The Morgan fingerprint density at radius 2 is 1.42 bits per heavy atom. The molecule has 2 aromatic carbocycles. The van der Waals surface area contributed by atoms with Crippen molar-refractivity contribution in [3.8, 4) is 6.07 Å². The predicted molar refractivity (Wildman–Crippen MR) is 77.6 cm³/mol. The van der Waals surface area contributed by atoms with Crippen molar-refractivity contribution in [3.63, 3.8) is 0 Å². The maximum atomic E-state index is 8.91. The minimum atomic E-state index is -0.293. The highest BCUT2D eigenvalue weighted by molar-refractivity contribution is 5.38. The van der Waals surface area contributed by atoms with Crippen LogP contribution in [0.25, 0.3) is 0 Å². The second-order valence-electron chi connectivity index (χ2n) is 4.50. The lowest BCUT2D eigenvalue weighted by molar-refractivity contribution is 0.408. The Kier molecular flexibility index (Phi) is 4.33. The third kappa shape index (κ3) is 2.67. The van der Waals surface area contributed by atoms with Crippen molar-refractivity contribution in [1.29, 1.82) is 5.26 Å². The fourth-order valence-electron chi connectivity index (χ4n) is 2.54. The SMILES string of the molecule is CCC(NCC#N)(c1ccccc1)c1ccccc1. The highest BCUT2D eigenvalue weighted by Gasteiger charge is 2.31. The van der Waals surface area contributed by atoms with Crippen molar-refractivity contribution in [2.45, 2.75) is 18.9 Å². The number of hydrogen-bond donors (Lipinski definition) is 1. The Balaban J connectivity index is 2.52. The fraction of sp³-hybridized carbons (Fsp3) is 0.235. The lowest BCUT2D eigenvalue weighted by Gasteiger charge is -2.34. The van der Waals surface area contributed by atoms with Gasteiger partial charge in [0.15, 0.2) is 0 Å². The highest BCUT2D eigenvalue weighted by Crippen LogP contribution is 2.32. The van der Waals surface area contributed by atoms with Crippen LogP contribution in [0, 0.1) is 11.3 Å². The van der Waals surface area contributed by atoms with E-state index >= 15 is 0 Å². The zero-order valence-corrected chi connectivity index (χ0v) is 11.1. The lowest BCUT2D eigenvalue weighted by Crippen LogP contribution is -2.43. The topological polar surface area (TPSA) is 35.8 Å². The van der Waals surface area contributed by atoms with Crippen LogP contribution in [0.2, 0.25) is 0 Å². The van der Waals surface area contributed by atoms with Crippen molar-refractivity contribution in [1.82, 2.24) is 5.32 Å². The van der Waals surface area contributed by atoms with Crippen LogP contribution in [0.1, 0.15) is 24.5 Å². The first kappa shape index (κ1) is 13.3. The summed E-state index contributed by atoms with van der Waals surface area (Å²) < 4.78 is 0. The average molecular weight is 250 g/mol. The summed E-state index contributed by atoms with van der Waals surface area (Å²) in [6.07, 6.45) is 0.892. The van der Waals surface area contributed by atoms with Crippen molar-refractivity contribution in [3.05, 3.63) is 71.8 Å². The van der Waals surface area contributed by atoms with Crippen molar-refractivity contribution in [2.24, 2.45) is 0 Å². The summed E-state index contributed by atoms with van der Waals surface area (Å²) in [4.78, 5) is 0. The second-order valence-corrected chi connectivity index (χ2v) is 4.50. The molecule has 0 fully saturated rings. The van der Waals surface area contributed by atoms with Gasteiger partial charge >= 0.3 is 0 Å². The van der Waals surface area contributed by atoms with Gasteiger partial charge in [-0.25, -0.2) is 0 Å². The molecule has 0 aromatic heterocycles. The van der Waals surface area contributed by atoms with Crippen LogP contribution in [-0.2, 0) is 5.54 Å². The van der Waals surface area contributed by atoms with Gasteiger partial charge in [-0.05, 0) is 17.5 Å². The fourth-order valence-corrected chi connectivity index (χ4v) is 2.54. The highest BCUT2D eigenvalue weighted by atomic mass is 15.0. The number of hydrogen-bond acceptors (Lipinski definition) is 2. The molecular formula is C17H18N2. The van der Waals surface area contributed by atoms with E-state index in [-0.39, 0.29) is 5.54 Å². The molecule has 0 heterocycles. The molecule has 0 unspecified atom stereocenters. The summed E-state index contributed by atoms with van der Waals surface area (Å²) >= 11 is 0. The molecule has 0 spiro atoms. The summed E-state index contributed by atoms with van der Waals surface area (Å²) in [5, 5.41) is 12.3. The molecule has 2 heteroatoms. The van der Waals surface area contributed by atoms with Crippen LogP contribution in [0.15, 0.2) is 60.7 Å². The van der Waals surface area contributed by atoms with E-state index in [4.69, 9.17) is 5.26 Å². The molecular weight excluding hydrogens is 232 g/mol. The van der Waals surface area contributed by atoms with Crippen LogP contribution < -0.4 is 5.32 Å².